The monoisotopic (exact) mass is 326 g/mol. The number of carbonyl (C=O) groups excluding carboxylic acids is 1. The van der Waals surface area contributed by atoms with E-state index in [9.17, 15) is 4.79 Å². The molecule has 1 aromatic rings. The fraction of sp³-hybridized carbons (Fsp3) is 0.588. The van der Waals surface area contributed by atoms with Crippen LogP contribution >= 0.6 is 12.4 Å². The first-order valence-electron chi connectivity index (χ1n) is 7.86. The number of aryl methyl sites for hydroxylation is 1. The Balaban J connectivity index is 0.00000242. The third-order valence-electron chi connectivity index (χ3n) is 4.37. The van der Waals surface area contributed by atoms with Crippen LogP contribution in [-0.2, 0) is 11.2 Å². The number of ether oxygens (including phenoxy) is 1. The molecule has 1 aliphatic rings. The standard InChI is InChI=1S/C17H26N2O2.ClH/c1-21-16-9-5-3-6-13(16)10-11-17(20)19-15-8-4-2-7-14(15)12-18;/h3,5-6,9,14-15H,2,4,7-8,10-12,18H2,1H3,(H,19,20);1H. The number of halogens is 1. The molecule has 5 heteroatoms. The largest absolute Gasteiger partial charge is 0.496 e. The van der Waals surface area contributed by atoms with Crippen molar-refractivity contribution in [3.63, 3.8) is 0 Å². The molecule has 1 aromatic carbocycles. The van der Waals surface area contributed by atoms with Crippen LogP contribution in [0.2, 0.25) is 0 Å². The lowest BCUT2D eigenvalue weighted by Crippen LogP contribution is -2.44. The topological polar surface area (TPSA) is 64.3 Å². The third-order valence-corrected chi connectivity index (χ3v) is 4.37. The maximum atomic E-state index is 12.2. The van der Waals surface area contributed by atoms with Gasteiger partial charge >= 0.3 is 0 Å². The summed E-state index contributed by atoms with van der Waals surface area (Å²) in [7, 11) is 1.66. The normalized spacial score (nSPS) is 20.8. The lowest BCUT2D eigenvalue weighted by atomic mass is 9.84. The predicted octanol–water partition coefficient (Wildman–Crippen LogP) is 2.68. The van der Waals surface area contributed by atoms with Crippen LogP contribution in [0.5, 0.6) is 5.75 Å². The Morgan fingerprint density at radius 3 is 2.77 bits per heavy atom. The van der Waals surface area contributed by atoms with Crippen LogP contribution in [0.3, 0.4) is 0 Å². The van der Waals surface area contributed by atoms with Crippen LogP contribution in [0.25, 0.3) is 0 Å². The van der Waals surface area contributed by atoms with Crippen molar-refractivity contribution in [2.24, 2.45) is 11.7 Å². The summed E-state index contributed by atoms with van der Waals surface area (Å²) in [5.74, 6) is 1.41. The summed E-state index contributed by atoms with van der Waals surface area (Å²) < 4.78 is 5.31. The molecule has 0 spiro atoms. The van der Waals surface area contributed by atoms with Crippen LogP contribution in [0.4, 0.5) is 0 Å². The Bertz CT molecular complexity index is 468. The summed E-state index contributed by atoms with van der Waals surface area (Å²) in [4.78, 5) is 12.2. The number of rotatable bonds is 6. The number of amides is 1. The first kappa shape index (κ1) is 18.8. The molecular weight excluding hydrogens is 300 g/mol. The summed E-state index contributed by atoms with van der Waals surface area (Å²) in [6.45, 7) is 0.664. The van der Waals surface area contributed by atoms with Crippen molar-refractivity contribution in [2.75, 3.05) is 13.7 Å². The van der Waals surface area contributed by atoms with E-state index in [1.165, 1.54) is 12.8 Å². The van der Waals surface area contributed by atoms with Crippen molar-refractivity contribution in [2.45, 2.75) is 44.6 Å². The van der Waals surface area contributed by atoms with E-state index in [0.717, 1.165) is 24.2 Å². The molecule has 2 unspecified atom stereocenters. The highest BCUT2D eigenvalue weighted by atomic mass is 35.5. The summed E-state index contributed by atoms with van der Waals surface area (Å²) in [6, 6.07) is 8.11. The number of benzene rings is 1. The summed E-state index contributed by atoms with van der Waals surface area (Å²) in [5, 5.41) is 3.17. The molecule has 1 fully saturated rings. The first-order chi connectivity index (χ1) is 10.2. The number of hydrogen-bond acceptors (Lipinski definition) is 3. The highest BCUT2D eigenvalue weighted by Crippen LogP contribution is 2.24. The summed E-state index contributed by atoms with van der Waals surface area (Å²) in [6.07, 6.45) is 5.81. The average molecular weight is 327 g/mol. The third kappa shape index (κ3) is 5.18. The van der Waals surface area contributed by atoms with E-state index in [2.05, 4.69) is 5.32 Å². The minimum Gasteiger partial charge on any atom is -0.496 e. The van der Waals surface area contributed by atoms with Crippen LogP contribution in [0.15, 0.2) is 24.3 Å². The quantitative estimate of drug-likeness (QED) is 0.844. The highest BCUT2D eigenvalue weighted by molar-refractivity contribution is 5.85. The molecular formula is C17H27ClN2O2. The zero-order chi connectivity index (χ0) is 15.1. The van der Waals surface area contributed by atoms with Crippen LogP contribution in [-0.4, -0.2) is 25.6 Å². The molecule has 124 valence electrons. The van der Waals surface area contributed by atoms with Crippen LogP contribution in [0, 0.1) is 5.92 Å². The van der Waals surface area contributed by atoms with Gasteiger partial charge in [0, 0.05) is 12.5 Å². The molecule has 1 saturated carbocycles. The Kier molecular flexibility index (Phi) is 8.28. The van der Waals surface area contributed by atoms with Gasteiger partial charge < -0.3 is 15.8 Å². The molecule has 1 amide bonds. The zero-order valence-corrected chi connectivity index (χ0v) is 14.0. The van der Waals surface area contributed by atoms with Crippen molar-refractivity contribution >= 4 is 18.3 Å². The predicted molar refractivity (Wildman–Crippen MR) is 91.5 cm³/mol. The van der Waals surface area contributed by atoms with Gasteiger partial charge in [0.15, 0.2) is 0 Å². The van der Waals surface area contributed by atoms with Gasteiger partial charge in [0.1, 0.15) is 5.75 Å². The Hall–Kier alpha value is -1.26. The number of nitrogens with one attached hydrogen (secondary N) is 1. The maximum Gasteiger partial charge on any atom is 0.220 e. The van der Waals surface area contributed by atoms with Gasteiger partial charge in [0.05, 0.1) is 7.11 Å². The number of hydrogen-bond donors (Lipinski definition) is 2. The molecule has 1 aliphatic carbocycles. The van der Waals surface area contributed by atoms with Gasteiger partial charge in [-0.1, -0.05) is 31.0 Å². The molecule has 4 nitrogen and oxygen atoms in total. The molecule has 3 N–H and O–H groups in total. The molecule has 22 heavy (non-hydrogen) atoms. The number of para-hydroxylation sites is 1. The van der Waals surface area contributed by atoms with Gasteiger partial charge in [-0.3, -0.25) is 4.79 Å². The van der Waals surface area contributed by atoms with Crippen molar-refractivity contribution < 1.29 is 9.53 Å². The van der Waals surface area contributed by atoms with Crippen molar-refractivity contribution in [1.29, 1.82) is 0 Å². The lowest BCUT2D eigenvalue weighted by molar-refractivity contribution is -0.122. The highest BCUT2D eigenvalue weighted by Gasteiger charge is 2.25. The molecule has 0 heterocycles. The second-order valence-corrected chi connectivity index (χ2v) is 5.77. The smallest absolute Gasteiger partial charge is 0.220 e. The van der Waals surface area contributed by atoms with E-state index in [1.54, 1.807) is 7.11 Å². The molecule has 0 aromatic heterocycles. The van der Waals surface area contributed by atoms with E-state index in [4.69, 9.17) is 10.5 Å². The molecule has 2 atom stereocenters. The van der Waals surface area contributed by atoms with Crippen LogP contribution < -0.4 is 15.8 Å². The molecule has 0 saturated heterocycles. The SMILES string of the molecule is COc1ccccc1CCC(=O)NC1CCCCC1CN.Cl. The molecule has 0 aliphatic heterocycles. The van der Waals surface area contributed by atoms with Crippen LogP contribution in [0.1, 0.15) is 37.7 Å². The molecule has 0 bridgehead atoms. The zero-order valence-electron chi connectivity index (χ0n) is 13.2. The van der Waals surface area contributed by atoms with Gasteiger partial charge in [-0.2, -0.15) is 0 Å². The van der Waals surface area contributed by atoms with Crippen molar-refractivity contribution in [3.8, 4) is 5.75 Å². The number of methoxy groups -OCH3 is 1. The second kappa shape index (κ2) is 9.70. The van der Waals surface area contributed by atoms with E-state index in [-0.39, 0.29) is 24.4 Å². The molecule has 0 radical (unpaired) electrons. The van der Waals surface area contributed by atoms with Gasteiger partial charge in [-0.25, -0.2) is 0 Å². The van der Waals surface area contributed by atoms with Gasteiger partial charge in [0.2, 0.25) is 5.91 Å². The summed E-state index contributed by atoms with van der Waals surface area (Å²) >= 11 is 0. The van der Waals surface area contributed by atoms with E-state index < -0.39 is 0 Å². The minimum absolute atomic E-state index is 0. The van der Waals surface area contributed by atoms with E-state index >= 15 is 0 Å². The van der Waals surface area contributed by atoms with Gasteiger partial charge in [-0.15, -0.1) is 12.4 Å². The van der Waals surface area contributed by atoms with E-state index in [0.29, 0.717) is 25.3 Å². The second-order valence-electron chi connectivity index (χ2n) is 5.77. The van der Waals surface area contributed by atoms with Crippen molar-refractivity contribution in [1.82, 2.24) is 5.32 Å². The van der Waals surface area contributed by atoms with E-state index in [1.807, 2.05) is 24.3 Å². The maximum absolute atomic E-state index is 12.2. The van der Waals surface area contributed by atoms with Gasteiger partial charge in [-0.05, 0) is 43.4 Å². The minimum atomic E-state index is 0. The Labute approximate surface area is 139 Å². The average Bonchev–Trinajstić information content (AvgIpc) is 2.53. The molecule has 2 rings (SSSR count). The fourth-order valence-corrected chi connectivity index (χ4v) is 3.12. The number of carbonyl (C=O) groups is 1. The Morgan fingerprint density at radius 2 is 2.05 bits per heavy atom. The first-order valence-corrected chi connectivity index (χ1v) is 7.86. The fourth-order valence-electron chi connectivity index (χ4n) is 3.12. The Morgan fingerprint density at radius 1 is 1.32 bits per heavy atom. The van der Waals surface area contributed by atoms with Crippen molar-refractivity contribution in [3.05, 3.63) is 29.8 Å². The lowest BCUT2D eigenvalue weighted by Gasteiger charge is -2.31. The number of nitrogens with two attached hydrogens (primary N) is 1. The van der Waals surface area contributed by atoms with Gasteiger partial charge in [0.25, 0.3) is 0 Å². The summed E-state index contributed by atoms with van der Waals surface area (Å²) in [5.41, 5.74) is 6.88.